The van der Waals surface area contributed by atoms with Gasteiger partial charge in [0.2, 0.25) is 0 Å². The number of aliphatic hydroxyl groups is 1. The molecular weight excluding hydrogens is 202 g/mol. The molecule has 1 aromatic rings. The zero-order valence-corrected chi connectivity index (χ0v) is 10.2. The van der Waals surface area contributed by atoms with E-state index >= 15 is 0 Å². The minimum Gasteiger partial charge on any atom is -0.395 e. The van der Waals surface area contributed by atoms with Crippen LogP contribution in [0.3, 0.4) is 0 Å². The number of nitrogens with zero attached hydrogens (tertiary/aromatic N) is 3. The number of hydrogen-bond donors (Lipinski definition) is 1. The van der Waals surface area contributed by atoms with Crippen LogP contribution >= 0.6 is 0 Å². The fraction of sp³-hybridized carbons (Fsp3) is 0.583. The van der Waals surface area contributed by atoms with Gasteiger partial charge in [-0.1, -0.05) is 13.0 Å². The largest absolute Gasteiger partial charge is 0.395 e. The first kappa shape index (κ1) is 12.9. The van der Waals surface area contributed by atoms with Crippen LogP contribution in [-0.4, -0.2) is 39.5 Å². The molecule has 4 nitrogen and oxygen atoms in total. The lowest BCUT2D eigenvalue weighted by atomic mass is 10.2. The molecule has 1 heterocycles. The first-order valence-corrected chi connectivity index (χ1v) is 5.66. The molecule has 4 heteroatoms. The SMILES string of the molecule is C=CCN(CCO)Cc1cn(C)nc1CC. The van der Waals surface area contributed by atoms with Gasteiger partial charge in [-0.05, 0) is 6.42 Å². The lowest BCUT2D eigenvalue weighted by molar-refractivity contribution is 0.203. The molecule has 0 aromatic carbocycles. The Kier molecular flexibility index (Phi) is 5.22. The van der Waals surface area contributed by atoms with Crippen LogP contribution in [0.25, 0.3) is 0 Å². The van der Waals surface area contributed by atoms with Crippen molar-refractivity contribution in [2.45, 2.75) is 19.9 Å². The lowest BCUT2D eigenvalue weighted by Crippen LogP contribution is -2.26. The van der Waals surface area contributed by atoms with Crippen molar-refractivity contribution in [3.05, 3.63) is 30.1 Å². The van der Waals surface area contributed by atoms with Gasteiger partial charge < -0.3 is 5.11 Å². The van der Waals surface area contributed by atoms with E-state index in [2.05, 4.69) is 23.5 Å². The Morgan fingerprint density at radius 1 is 1.62 bits per heavy atom. The van der Waals surface area contributed by atoms with E-state index < -0.39 is 0 Å². The molecule has 0 aliphatic carbocycles. The fourth-order valence-electron chi connectivity index (χ4n) is 1.81. The highest BCUT2D eigenvalue weighted by molar-refractivity contribution is 5.16. The molecule has 0 unspecified atom stereocenters. The van der Waals surface area contributed by atoms with Gasteiger partial charge in [0.1, 0.15) is 0 Å². The van der Waals surface area contributed by atoms with Crippen molar-refractivity contribution in [2.24, 2.45) is 7.05 Å². The van der Waals surface area contributed by atoms with E-state index in [9.17, 15) is 0 Å². The number of aromatic nitrogens is 2. The Morgan fingerprint density at radius 3 is 2.94 bits per heavy atom. The third-order valence-corrected chi connectivity index (χ3v) is 2.52. The molecule has 1 N–H and O–H groups in total. The first-order chi connectivity index (χ1) is 7.71. The number of aryl methyl sites for hydroxylation is 2. The molecule has 0 aliphatic heterocycles. The molecule has 16 heavy (non-hydrogen) atoms. The summed E-state index contributed by atoms with van der Waals surface area (Å²) < 4.78 is 1.85. The number of rotatable bonds is 7. The summed E-state index contributed by atoms with van der Waals surface area (Å²) in [6, 6.07) is 0. The molecule has 0 radical (unpaired) electrons. The van der Waals surface area contributed by atoms with Crippen LogP contribution in [0.5, 0.6) is 0 Å². The molecule has 1 aromatic heterocycles. The van der Waals surface area contributed by atoms with Crippen molar-refractivity contribution in [3.8, 4) is 0 Å². The summed E-state index contributed by atoms with van der Waals surface area (Å²) in [7, 11) is 1.94. The summed E-state index contributed by atoms with van der Waals surface area (Å²) in [5, 5.41) is 13.4. The molecule has 0 aliphatic rings. The maximum atomic E-state index is 8.98. The standard InChI is InChI=1S/C12H21N3O/c1-4-6-15(7-8-16)10-11-9-14(3)13-12(11)5-2/h4,9,16H,1,5-8,10H2,2-3H3. The highest BCUT2D eigenvalue weighted by atomic mass is 16.3. The maximum Gasteiger partial charge on any atom is 0.0666 e. The topological polar surface area (TPSA) is 41.3 Å². The zero-order chi connectivity index (χ0) is 12.0. The van der Waals surface area contributed by atoms with Gasteiger partial charge >= 0.3 is 0 Å². The molecule has 90 valence electrons. The second-order valence-corrected chi connectivity index (χ2v) is 3.88. The van der Waals surface area contributed by atoms with Crippen molar-refractivity contribution >= 4 is 0 Å². The molecule has 0 fully saturated rings. The second-order valence-electron chi connectivity index (χ2n) is 3.88. The van der Waals surface area contributed by atoms with Gasteiger partial charge in [0.25, 0.3) is 0 Å². The van der Waals surface area contributed by atoms with Crippen LogP contribution in [0.15, 0.2) is 18.9 Å². The maximum absolute atomic E-state index is 8.98. The molecule has 1 rings (SSSR count). The van der Waals surface area contributed by atoms with Crippen molar-refractivity contribution in [1.82, 2.24) is 14.7 Å². The van der Waals surface area contributed by atoms with Crippen LogP contribution in [0.2, 0.25) is 0 Å². The first-order valence-electron chi connectivity index (χ1n) is 5.66. The number of hydrogen-bond acceptors (Lipinski definition) is 3. The molecule has 0 saturated heterocycles. The normalized spacial score (nSPS) is 11.0. The van der Waals surface area contributed by atoms with E-state index in [0.29, 0.717) is 6.54 Å². The predicted molar refractivity (Wildman–Crippen MR) is 65.1 cm³/mol. The monoisotopic (exact) mass is 223 g/mol. The highest BCUT2D eigenvalue weighted by Gasteiger charge is 2.10. The second kappa shape index (κ2) is 6.45. The summed E-state index contributed by atoms with van der Waals surface area (Å²) in [5.41, 5.74) is 2.37. The predicted octanol–water partition coefficient (Wildman–Crippen LogP) is 0.963. The van der Waals surface area contributed by atoms with E-state index in [4.69, 9.17) is 5.11 Å². The number of aliphatic hydroxyl groups excluding tert-OH is 1. The van der Waals surface area contributed by atoms with Crippen LogP contribution in [-0.2, 0) is 20.0 Å². The van der Waals surface area contributed by atoms with Gasteiger partial charge in [-0.25, -0.2) is 0 Å². The smallest absolute Gasteiger partial charge is 0.0666 e. The van der Waals surface area contributed by atoms with Gasteiger partial charge in [-0.15, -0.1) is 6.58 Å². The fourth-order valence-corrected chi connectivity index (χ4v) is 1.81. The highest BCUT2D eigenvalue weighted by Crippen LogP contribution is 2.10. The lowest BCUT2D eigenvalue weighted by Gasteiger charge is -2.18. The molecular formula is C12H21N3O. The summed E-state index contributed by atoms with van der Waals surface area (Å²) in [4.78, 5) is 2.16. The van der Waals surface area contributed by atoms with E-state index in [1.807, 2.05) is 24.0 Å². The van der Waals surface area contributed by atoms with Gasteiger partial charge in [0.15, 0.2) is 0 Å². The average Bonchev–Trinajstić information content (AvgIpc) is 2.59. The molecule has 0 spiro atoms. The Balaban J connectivity index is 2.71. The molecule has 0 bridgehead atoms. The third-order valence-electron chi connectivity index (χ3n) is 2.52. The summed E-state index contributed by atoms with van der Waals surface area (Å²) in [5.74, 6) is 0. The van der Waals surface area contributed by atoms with Crippen LogP contribution in [0, 0.1) is 0 Å². The van der Waals surface area contributed by atoms with Crippen molar-refractivity contribution in [3.63, 3.8) is 0 Å². The Bertz CT molecular complexity index is 333. The molecule has 0 saturated carbocycles. The quantitative estimate of drug-likeness (QED) is 0.700. The van der Waals surface area contributed by atoms with Crippen LogP contribution in [0.1, 0.15) is 18.2 Å². The van der Waals surface area contributed by atoms with Crippen molar-refractivity contribution < 1.29 is 5.11 Å². The Hall–Kier alpha value is -1.13. The zero-order valence-electron chi connectivity index (χ0n) is 10.2. The molecule has 0 atom stereocenters. The van der Waals surface area contributed by atoms with E-state index in [1.165, 1.54) is 5.56 Å². The van der Waals surface area contributed by atoms with Crippen LogP contribution < -0.4 is 0 Å². The van der Waals surface area contributed by atoms with Crippen LogP contribution in [0.4, 0.5) is 0 Å². The van der Waals surface area contributed by atoms with Gasteiger partial charge in [-0.3, -0.25) is 9.58 Å². The summed E-state index contributed by atoms with van der Waals surface area (Å²) in [6.07, 6.45) is 4.85. The minimum absolute atomic E-state index is 0.176. The molecule has 0 amide bonds. The summed E-state index contributed by atoms with van der Waals surface area (Å²) in [6.45, 7) is 8.30. The summed E-state index contributed by atoms with van der Waals surface area (Å²) >= 11 is 0. The van der Waals surface area contributed by atoms with Gasteiger partial charge in [-0.2, -0.15) is 5.10 Å². The van der Waals surface area contributed by atoms with Gasteiger partial charge in [0.05, 0.1) is 12.3 Å². The Morgan fingerprint density at radius 2 is 2.38 bits per heavy atom. The third kappa shape index (κ3) is 3.47. The van der Waals surface area contributed by atoms with E-state index in [1.54, 1.807) is 0 Å². The van der Waals surface area contributed by atoms with E-state index in [0.717, 1.165) is 25.2 Å². The minimum atomic E-state index is 0.176. The van der Waals surface area contributed by atoms with Crippen molar-refractivity contribution in [2.75, 3.05) is 19.7 Å². The average molecular weight is 223 g/mol. The Labute approximate surface area is 97.2 Å². The van der Waals surface area contributed by atoms with Crippen molar-refractivity contribution in [1.29, 1.82) is 0 Å². The van der Waals surface area contributed by atoms with E-state index in [-0.39, 0.29) is 6.61 Å². The van der Waals surface area contributed by atoms with Gasteiger partial charge in [0, 0.05) is 38.4 Å².